The third kappa shape index (κ3) is 3.51. The minimum atomic E-state index is 0. The zero-order valence-corrected chi connectivity index (χ0v) is 12.0. The Labute approximate surface area is 123 Å². The van der Waals surface area contributed by atoms with Crippen molar-refractivity contribution in [2.24, 2.45) is 0 Å². The molecule has 0 fully saturated rings. The number of methoxy groups -OCH3 is 2. The van der Waals surface area contributed by atoms with Crippen molar-refractivity contribution < 1.29 is 14.3 Å². The van der Waals surface area contributed by atoms with Gasteiger partial charge in [0.1, 0.15) is 17.1 Å². The van der Waals surface area contributed by atoms with Gasteiger partial charge in [-0.3, -0.25) is 4.79 Å². The van der Waals surface area contributed by atoms with Crippen LogP contribution in [0.3, 0.4) is 0 Å². The monoisotopic (exact) mass is 262 g/mol. The molecule has 0 saturated heterocycles. The molecular weight excluding hydrogens is 242 g/mol. The molecule has 1 rings (SSSR count). The molecule has 0 radical (unpaired) electrons. The molecule has 3 nitrogen and oxygen atoms in total. The predicted molar refractivity (Wildman–Crippen MR) is 79.4 cm³/mol. The van der Waals surface area contributed by atoms with Crippen LogP contribution in [0.5, 0.6) is 11.5 Å². The summed E-state index contributed by atoms with van der Waals surface area (Å²) in [7, 11) is 3.43. The number of benzene rings is 1. The molecule has 18 heavy (non-hydrogen) atoms. The summed E-state index contributed by atoms with van der Waals surface area (Å²) in [5, 5.41) is 0. The Balaban J connectivity index is 0.00000289. The number of rotatable bonds is 5. The van der Waals surface area contributed by atoms with E-state index in [4.69, 9.17) is 9.47 Å². The average Bonchev–Trinajstić information content (AvgIpc) is 2.28. The number of carbonyl (C=O) groups is 1. The van der Waals surface area contributed by atoms with Gasteiger partial charge in [0, 0.05) is 0 Å². The van der Waals surface area contributed by atoms with E-state index in [1.165, 1.54) is 0 Å². The summed E-state index contributed by atoms with van der Waals surface area (Å²) in [4.78, 5) is 12.2. The summed E-state index contributed by atoms with van der Waals surface area (Å²) in [6.07, 6.45) is 0.845. The van der Waals surface area contributed by atoms with Gasteiger partial charge in [-0.05, 0) is 45.8 Å². The van der Waals surface area contributed by atoms with E-state index in [-0.39, 0.29) is 33.0 Å². The Morgan fingerprint density at radius 1 is 1.17 bits per heavy atom. The second kappa shape index (κ2) is 7.84. The molecule has 0 aromatic heterocycles. The van der Waals surface area contributed by atoms with E-state index in [0.717, 1.165) is 17.3 Å². The van der Waals surface area contributed by atoms with Crippen molar-refractivity contribution >= 4 is 33.0 Å². The molecule has 0 aliphatic heterocycles. The van der Waals surface area contributed by atoms with Crippen LogP contribution in [-0.2, 0) is 0 Å². The molecule has 0 amide bonds. The Morgan fingerprint density at radius 2 is 1.61 bits per heavy atom. The first-order valence-corrected chi connectivity index (χ1v) is 6.77. The number of aryl methyl sites for hydroxylation is 2. The summed E-state index contributed by atoms with van der Waals surface area (Å²) in [5.41, 5.74) is 2.63. The molecule has 0 spiro atoms. The number of hydrogen-bond acceptors (Lipinski definition) is 3. The fourth-order valence-electron chi connectivity index (χ4n) is 1.93. The van der Waals surface area contributed by atoms with Crippen LogP contribution < -0.4 is 9.47 Å². The third-order valence-electron chi connectivity index (χ3n) is 2.58. The molecule has 0 aliphatic carbocycles. The first-order valence-electron chi connectivity index (χ1n) is 5.57. The summed E-state index contributed by atoms with van der Waals surface area (Å²) < 4.78 is 10.7. The molecule has 0 heterocycles. The predicted octanol–water partition coefficient (Wildman–Crippen LogP) is 2.51. The number of ether oxygens (including phenoxy) is 2. The van der Waals surface area contributed by atoms with Gasteiger partial charge in [-0.25, -0.2) is 0 Å². The fourth-order valence-corrected chi connectivity index (χ4v) is 2.66. The van der Waals surface area contributed by atoms with Crippen LogP contribution >= 0.6 is 8.58 Å². The fraction of sp³-hybridized carbons (Fsp3) is 0.462. The molecule has 5 heteroatoms. The van der Waals surface area contributed by atoms with Gasteiger partial charge < -0.3 is 9.47 Å². The van der Waals surface area contributed by atoms with Gasteiger partial charge in [0.2, 0.25) is 0 Å². The quantitative estimate of drug-likeness (QED) is 0.604. The van der Waals surface area contributed by atoms with E-state index in [2.05, 4.69) is 0 Å². The van der Waals surface area contributed by atoms with Crippen molar-refractivity contribution in [1.82, 2.24) is 0 Å². The van der Waals surface area contributed by atoms with Crippen LogP contribution in [0, 0.1) is 13.8 Å². The number of carbonyl (C=O) groups excluding carboxylic acids is 1. The van der Waals surface area contributed by atoms with E-state index >= 15 is 0 Å². The van der Waals surface area contributed by atoms with Gasteiger partial charge in [0.05, 0.1) is 14.2 Å². The Bertz CT molecular complexity index is 404. The van der Waals surface area contributed by atoms with Crippen LogP contribution in [0.1, 0.15) is 28.4 Å². The zero-order chi connectivity index (χ0) is 13.0. The van der Waals surface area contributed by atoms with Crippen molar-refractivity contribution in [3.63, 3.8) is 0 Å². The van der Waals surface area contributed by atoms with Crippen molar-refractivity contribution in [3.8, 4) is 11.5 Å². The molecule has 1 atom stereocenters. The Kier molecular flexibility index (Phi) is 7.63. The normalized spacial score (nSPS) is 10.3. The van der Waals surface area contributed by atoms with Crippen molar-refractivity contribution in [2.45, 2.75) is 20.8 Å². The van der Waals surface area contributed by atoms with Crippen LogP contribution in [-0.4, -0.2) is 44.8 Å². The van der Waals surface area contributed by atoms with Crippen LogP contribution in [0.15, 0.2) is 6.07 Å². The van der Waals surface area contributed by atoms with E-state index < -0.39 is 0 Å². The molecule has 96 valence electrons. The molecule has 0 saturated carbocycles. The van der Waals surface area contributed by atoms with Gasteiger partial charge in [-0.1, -0.05) is 6.92 Å². The molecule has 1 unspecified atom stereocenters. The zero-order valence-electron chi connectivity index (χ0n) is 11.0. The van der Waals surface area contributed by atoms with E-state index in [0.29, 0.717) is 17.1 Å². The molecule has 0 aliphatic rings. The second-order valence-electron chi connectivity index (χ2n) is 3.81. The Morgan fingerprint density at radius 3 is 1.94 bits per heavy atom. The van der Waals surface area contributed by atoms with Crippen molar-refractivity contribution in [2.75, 3.05) is 20.4 Å². The van der Waals surface area contributed by atoms with Gasteiger partial charge in [0.25, 0.3) is 0 Å². The Hall–Kier alpha value is -0.483. The molecule has 1 aromatic carbocycles. The summed E-state index contributed by atoms with van der Waals surface area (Å²) in [5.74, 6) is 1.27. The average molecular weight is 262 g/mol. The van der Waals surface area contributed by atoms with E-state index in [1.807, 2.05) is 26.8 Å². The topological polar surface area (TPSA) is 35.5 Å². The van der Waals surface area contributed by atoms with Crippen molar-refractivity contribution in [3.05, 3.63) is 22.8 Å². The second-order valence-corrected chi connectivity index (χ2v) is 5.33. The van der Waals surface area contributed by atoms with Crippen molar-refractivity contribution in [1.29, 1.82) is 0 Å². The van der Waals surface area contributed by atoms with Gasteiger partial charge >= 0.3 is 18.9 Å². The summed E-state index contributed by atoms with van der Waals surface area (Å²) >= 11 is 0. The molecule has 1 aromatic rings. The van der Waals surface area contributed by atoms with E-state index in [9.17, 15) is 4.79 Å². The first kappa shape index (κ1) is 17.5. The molecule has 0 bridgehead atoms. The maximum absolute atomic E-state index is 12.2. The van der Waals surface area contributed by atoms with Crippen LogP contribution in [0.25, 0.3) is 0 Å². The van der Waals surface area contributed by atoms with Gasteiger partial charge in [-0.2, -0.15) is 0 Å². The molecule has 0 N–H and O–H groups in total. The van der Waals surface area contributed by atoms with Crippen LogP contribution in [0.2, 0.25) is 0 Å². The van der Waals surface area contributed by atoms with Gasteiger partial charge in [-0.15, -0.1) is 0 Å². The van der Waals surface area contributed by atoms with Gasteiger partial charge in [0.15, 0.2) is 5.52 Å². The first-order chi connectivity index (χ1) is 8.06. The van der Waals surface area contributed by atoms with Crippen LogP contribution in [0.4, 0.5) is 0 Å². The SMILES string of the molecule is CCPC(=O)c1c(OC)c(C)cc(C)c1OC.[LiH]. The summed E-state index contributed by atoms with van der Waals surface area (Å²) in [6, 6.07) is 1.98. The number of hydrogen-bond donors (Lipinski definition) is 0. The van der Waals surface area contributed by atoms with E-state index in [1.54, 1.807) is 14.2 Å². The standard InChI is InChI=1S/C13H19O3P.Li.H/c1-6-17-13(14)10-11(15-4)8(2)7-9(3)12(10)16-5;;/h7,17H,6H2,1-5H3;;. The molecular formula is C13H20LiO3P. The third-order valence-corrected chi connectivity index (χ3v) is 3.50. The maximum atomic E-state index is 12.2. The minimum absolute atomic E-state index is 0. The summed E-state index contributed by atoms with van der Waals surface area (Å²) in [6.45, 7) is 5.88.